The molecule has 1 atom stereocenters. The second kappa shape index (κ2) is 7.21. The number of rotatable bonds is 6. The van der Waals surface area contributed by atoms with Crippen LogP contribution in [0, 0.1) is 0 Å². The number of nitrogens with one attached hydrogen (secondary N) is 2. The van der Waals surface area contributed by atoms with Crippen LogP contribution in [0.15, 0.2) is 16.6 Å². The van der Waals surface area contributed by atoms with E-state index in [0.29, 0.717) is 21.9 Å². The Bertz CT molecular complexity index is 722. The Balaban J connectivity index is 1.57. The summed E-state index contributed by atoms with van der Waals surface area (Å²) >= 11 is 14.6. The van der Waals surface area contributed by atoms with Gasteiger partial charge in [-0.05, 0) is 25.8 Å². The van der Waals surface area contributed by atoms with Crippen LogP contribution in [-0.4, -0.2) is 32.4 Å². The van der Waals surface area contributed by atoms with E-state index >= 15 is 0 Å². The number of pyridine rings is 1. The molecule has 3 rings (SSSR count). The molecule has 0 saturated heterocycles. The van der Waals surface area contributed by atoms with Crippen LogP contribution in [-0.2, 0) is 4.79 Å². The number of carbonyl (C=O) groups excluding carboxylic acids is 1. The summed E-state index contributed by atoms with van der Waals surface area (Å²) in [6, 6.07) is 2.06. The van der Waals surface area contributed by atoms with Crippen molar-refractivity contribution in [2.75, 3.05) is 10.6 Å². The number of aromatic nitrogens is 3. The molecule has 2 heterocycles. The molecular formula is C13H13Cl2N5OS2. The summed E-state index contributed by atoms with van der Waals surface area (Å²) in [6.07, 6.45) is 3.78. The van der Waals surface area contributed by atoms with Crippen LogP contribution in [0.25, 0.3) is 0 Å². The predicted octanol–water partition coefficient (Wildman–Crippen LogP) is 3.93. The lowest BCUT2D eigenvalue weighted by molar-refractivity contribution is -0.115. The minimum Gasteiger partial charge on any atom is -0.357 e. The molecule has 0 radical (unpaired) electrons. The van der Waals surface area contributed by atoms with Crippen molar-refractivity contribution in [3.05, 3.63) is 22.3 Å². The van der Waals surface area contributed by atoms with E-state index in [1.807, 2.05) is 0 Å². The highest BCUT2D eigenvalue weighted by molar-refractivity contribution is 8.02. The van der Waals surface area contributed by atoms with Crippen LogP contribution < -0.4 is 10.6 Å². The molecule has 1 unspecified atom stereocenters. The van der Waals surface area contributed by atoms with Crippen molar-refractivity contribution in [2.24, 2.45) is 0 Å². The van der Waals surface area contributed by atoms with E-state index in [4.69, 9.17) is 23.2 Å². The van der Waals surface area contributed by atoms with Gasteiger partial charge in [0, 0.05) is 12.2 Å². The van der Waals surface area contributed by atoms with Gasteiger partial charge < -0.3 is 10.6 Å². The Hall–Kier alpha value is -1.09. The number of hydrogen-bond acceptors (Lipinski definition) is 7. The van der Waals surface area contributed by atoms with Gasteiger partial charge in [0.25, 0.3) is 0 Å². The van der Waals surface area contributed by atoms with Gasteiger partial charge in [-0.2, -0.15) is 0 Å². The summed E-state index contributed by atoms with van der Waals surface area (Å²) in [5, 5.41) is 15.3. The Kier molecular flexibility index (Phi) is 5.25. The maximum absolute atomic E-state index is 12.2. The van der Waals surface area contributed by atoms with Crippen molar-refractivity contribution in [3.8, 4) is 0 Å². The second-order valence-corrected chi connectivity index (χ2v) is 8.43. The van der Waals surface area contributed by atoms with Gasteiger partial charge in [0.2, 0.25) is 11.0 Å². The van der Waals surface area contributed by atoms with Gasteiger partial charge in [0.1, 0.15) is 0 Å². The van der Waals surface area contributed by atoms with Gasteiger partial charge >= 0.3 is 0 Å². The maximum atomic E-state index is 12.2. The highest BCUT2D eigenvalue weighted by atomic mass is 35.5. The summed E-state index contributed by atoms with van der Waals surface area (Å²) < 4.78 is 0.742. The van der Waals surface area contributed by atoms with E-state index in [-0.39, 0.29) is 11.2 Å². The summed E-state index contributed by atoms with van der Waals surface area (Å²) in [6.45, 7) is 1.79. The molecule has 1 saturated carbocycles. The van der Waals surface area contributed by atoms with Crippen molar-refractivity contribution >= 4 is 63.2 Å². The first kappa shape index (κ1) is 16.8. The molecule has 0 spiro atoms. The van der Waals surface area contributed by atoms with Crippen LogP contribution in [0.1, 0.15) is 19.8 Å². The first-order valence-electron chi connectivity index (χ1n) is 6.90. The Morgan fingerprint density at radius 1 is 1.43 bits per heavy atom. The van der Waals surface area contributed by atoms with E-state index in [1.54, 1.807) is 6.92 Å². The third-order valence-electron chi connectivity index (χ3n) is 3.01. The first-order valence-corrected chi connectivity index (χ1v) is 9.35. The Labute approximate surface area is 151 Å². The lowest BCUT2D eigenvalue weighted by atomic mass is 10.4. The molecular weight excluding hydrogens is 377 g/mol. The van der Waals surface area contributed by atoms with E-state index in [2.05, 4.69) is 25.8 Å². The van der Waals surface area contributed by atoms with Crippen molar-refractivity contribution < 1.29 is 4.79 Å². The number of nitrogens with zero attached hydrogens (tertiary/aromatic N) is 3. The van der Waals surface area contributed by atoms with Gasteiger partial charge in [0.05, 0.1) is 15.3 Å². The zero-order valence-electron chi connectivity index (χ0n) is 12.0. The minimum atomic E-state index is -0.356. The minimum absolute atomic E-state index is 0.210. The number of amides is 1. The summed E-state index contributed by atoms with van der Waals surface area (Å²) in [7, 11) is 0. The van der Waals surface area contributed by atoms with Gasteiger partial charge in [-0.1, -0.05) is 46.3 Å². The third-order valence-corrected chi connectivity index (χ3v) is 5.54. The predicted molar refractivity (Wildman–Crippen MR) is 94.8 cm³/mol. The largest absolute Gasteiger partial charge is 0.357 e. The van der Waals surface area contributed by atoms with E-state index in [0.717, 1.165) is 9.47 Å². The number of halogens is 2. The summed E-state index contributed by atoms with van der Waals surface area (Å²) in [5.41, 5.74) is 0. The molecule has 1 aliphatic carbocycles. The lowest BCUT2D eigenvalue weighted by Gasteiger charge is -2.10. The van der Waals surface area contributed by atoms with Gasteiger partial charge in [0.15, 0.2) is 10.2 Å². The fourth-order valence-corrected chi connectivity index (χ4v) is 4.05. The average Bonchev–Trinajstić information content (AvgIpc) is 3.20. The molecule has 0 bridgehead atoms. The van der Waals surface area contributed by atoms with Crippen molar-refractivity contribution in [2.45, 2.75) is 35.4 Å². The third kappa shape index (κ3) is 4.69. The molecule has 122 valence electrons. The molecule has 10 heteroatoms. The van der Waals surface area contributed by atoms with Crippen molar-refractivity contribution in [3.63, 3.8) is 0 Å². The monoisotopic (exact) mass is 389 g/mol. The van der Waals surface area contributed by atoms with Crippen molar-refractivity contribution in [1.29, 1.82) is 0 Å². The van der Waals surface area contributed by atoms with Gasteiger partial charge in [-0.3, -0.25) is 4.79 Å². The Morgan fingerprint density at radius 2 is 2.22 bits per heavy atom. The molecule has 23 heavy (non-hydrogen) atoms. The zero-order chi connectivity index (χ0) is 16.4. The van der Waals surface area contributed by atoms with Crippen molar-refractivity contribution in [1.82, 2.24) is 15.2 Å². The molecule has 1 fully saturated rings. The number of anilines is 2. The fraction of sp³-hybridized carbons (Fsp3) is 0.385. The van der Waals surface area contributed by atoms with Gasteiger partial charge in [-0.15, -0.1) is 10.2 Å². The molecule has 6 nitrogen and oxygen atoms in total. The van der Waals surface area contributed by atoms with E-state index < -0.39 is 0 Å². The molecule has 2 aromatic heterocycles. The standard InChI is InChI=1S/C13H13Cl2N5OS2/c1-6(11(21)18-10-9(15)4-7(14)5-16-10)22-13-20-19-12(23-13)17-8-2-3-8/h4-6,8H,2-3H2,1H3,(H,17,19)(H,16,18,21). The molecule has 0 aliphatic heterocycles. The molecule has 1 aliphatic rings. The quantitative estimate of drug-likeness (QED) is 0.728. The van der Waals surface area contributed by atoms with Crippen LogP contribution >= 0.6 is 46.3 Å². The molecule has 2 aromatic rings. The molecule has 1 amide bonds. The van der Waals surface area contributed by atoms with Crippen LogP contribution in [0.5, 0.6) is 0 Å². The number of thioether (sulfide) groups is 1. The second-order valence-electron chi connectivity index (χ2n) is 5.03. The highest BCUT2D eigenvalue weighted by Crippen LogP contribution is 2.32. The zero-order valence-corrected chi connectivity index (χ0v) is 15.2. The number of carbonyl (C=O) groups is 1. The molecule has 0 aromatic carbocycles. The normalized spacial score (nSPS) is 15.3. The van der Waals surface area contributed by atoms with E-state index in [9.17, 15) is 4.79 Å². The summed E-state index contributed by atoms with van der Waals surface area (Å²) in [5.74, 6) is 0.0838. The number of hydrogen-bond donors (Lipinski definition) is 2. The van der Waals surface area contributed by atoms with Crippen LogP contribution in [0.4, 0.5) is 10.9 Å². The summed E-state index contributed by atoms with van der Waals surface area (Å²) in [4.78, 5) is 16.2. The topological polar surface area (TPSA) is 79.8 Å². The first-order chi connectivity index (χ1) is 11.0. The highest BCUT2D eigenvalue weighted by Gasteiger charge is 2.23. The van der Waals surface area contributed by atoms with Crippen LogP contribution in [0.2, 0.25) is 10.0 Å². The molecule has 2 N–H and O–H groups in total. The SMILES string of the molecule is CC(Sc1nnc(NC2CC2)s1)C(=O)Nc1ncc(Cl)cc1Cl. The average molecular weight is 390 g/mol. The smallest absolute Gasteiger partial charge is 0.238 e. The van der Waals surface area contributed by atoms with E-state index in [1.165, 1.54) is 48.2 Å². The maximum Gasteiger partial charge on any atom is 0.238 e. The van der Waals surface area contributed by atoms with Crippen LogP contribution in [0.3, 0.4) is 0 Å². The lowest BCUT2D eigenvalue weighted by Crippen LogP contribution is -2.23. The van der Waals surface area contributed by atoms with Gasteiger partial charge in [-0.25, -0.2) is 4.98 Å². The fourth-order valence-electron chi connectivity index (χ4n) is 1.65. The Morgan fingerprint density at radius 3 is 2.91 bits per heavy atom.